The maximum absolute atomic E-state index is 11.7. The Bertz CT molecular complexity index is 183. The molecule has 0 aliphatic heterocycles. The molecule has 0 aliphatic carbocycles. The highest BCUT2D eigenvalue weighted by Crippen LogP contribution is 2.13. The number of hydrogen-bond acceptors (Lipinski definition) is 2. The molecule has 0 heterocycles. The zero-order chi connectivity index (χ0) is 11.7. The van der Waals surface area contributed by atoms with Crippen molar-refractivity contribution in [1.82, 2.24) is 10.6 Å². The van der Waals surface area contributed by atoms with Gasteiger partial charge in [-0.2, -0.15) is 13.2 Å². The first kappa shape index (κ1) is 14.2. The van der Waals surface area contributed by atoms with Crippen LogP contribution in [0.3, 0.4) is 0 Å². The molecule has 2 N–H and O–H groups in total. The highest BCUT2D eigenvalue weighted by Gasteiger charge is 2.37. The van der Waals surface area contributed by atoms with Crippen LogP contribution < -0.4 is 10.6 Å². The molecule has 3 nitrogen and oxygen atoms in total. The molecule has 0 radical (unpaired) electrons. The van der Waals surface area contributed by atoms with Gasteiger partial charge in [-0.25, -0.2) is 0 Å². The summed E-state index contributed by atoms with van der Waals surface area (Å²) in [5.74, 6) is -1.85. The smallest absolute Gasteiger partial charge is 0.348 e. The molecule has 0 aromatic rings. The number of rotatable bonds is 7. The van der Waals surface area contributed by atoms with E-state index >= 15 is 0 Å². The van der Waals surface area contributed by atoms with Crippen molar-refractivity contribution in [2.75, 3.05) is 20.1 Å². The van der Waals surface area contributed by atoms with Gasteiger partial charge in [0.2, 0.25) is 0 Å². The molecule has 0 saturated carbocycles. The Morgan fingerprint density at radius 2 is 1.60 bits per heavy atom. The second-order valence-corrected chi connectivity index (χ2v) is 3.27. The quantitative estimate of drug-likeness (QED) is 0.645. The Hall–Kier alpha value is -0.780. The third-order valence-corrected chi connectivity index (χ3v) is 1.90. The molecule has 0 aromatic carbocycles. The molecule has 0 aliphatic rings. The van der Waals surface area contributed by atoms with E-state index in [1.54, 1.807) is 0 Å². The average Bonchev–Trinajstić information content (AvgIpc) is 2.14. The number of halogens is 3. The van der Waals surface area contributed by atoms with E-state index in [1.165, 1.54) is 0 Å². The molecule has 0 saturated heterocycles. The minimum absolute atomic E-state index is 0.0951. The van der Waals surface area contributed by atoms with Crippen LogP contribution in [0.25, 0.3) is 0 Å². The van der Waals surface area contributed by atoms with Crippen molar-refractivity contribution in [2.24, 2.45) is 0 Å². The third kappa shape index (κ3) is 8.23. The van der Waals surface area contributed by atoms with Gasteiger partial charge in [-0.05, 0) is 26.4 Å². The number of unbranched alkanes of at least 4 members (excludes halogenated alkanes) is 3. The van der Waals surface area contributed by atoms with E-state index in [0.717, 1.165) is 25.8 Å². The second kappa shape index (κ2) is 7.50. The zero-order valence-electron chi connectivity index (χ0n) is 8.78. The van der Waals surface area contributed by atoms with Gasteiger partial charge in [0.25, 0.3) is 0 Å². The fourth-order valence-corrected chi connectivity index (χ4v) is 1.08. The van der Waals surface area contributed by atoms with Crippen molar-refractivity contribution >= 4 is 5.91 Å². The van der Waals surface area contributed by atoms with E-state index in [2.05, 4.69) is 5.32 Å². The minimum Gasteiger partial charge on any atom is -0.348 e. The van der Waals surface area contributed by atoms with Crippen LogP contribution in [-0.4, -0.2) is 32.2 Å². The number of amides is 1. The Labute approximate surface area is 87.4 Å². The maximum atomic E-state index is 11.7. The van der Waals surface area contributed by atoms with Gasteiger partial charge in [-0.15, -0.1) is 0 Å². The van der Waals surface area contributed by atoms with Crippen LogP contribution in [-0.2, 0) is 4.79 Å². The van der Waals surface area contributed by atoms with Crippen molar-refractivity contribution < 1.29 is 18.0 Å². The van der Waals surface area contributed by atoms with Gasteiger partial charge >= 0.3 is 12.1 Å². The van der Waals surface area contributed by atoms with E-state index in [-0.39, 0.29) is 6.54 Å². The summed E-state index contributed by atoms with van der Waals surface area (Å²) in [6.45, 7) is 1.01. The van der Waals surface area contributed by atoms with E-state index < -0.39 is 12.1 Å². The van der Waals surface area contributed by atoms with Crippen LogP contribution in [0, 0.1) is 0 Å². The van der Waals surface area contributed by atoms with Gasteiger partial charge in [-0.1, -0.05) is 12.8 Å². The van der Waals surface area contributed by atoms with Gasteiger partial charge in [-0.3, -0.25) is 4.79 Å². The fourth-order valence-electron chi connectivity index (χ4n) is 1.08. The maximum Gasteiger partial charge on any atom is 0.471 e. The van der Waals surface area contributed by atoms with Crippen LogP contribution in [0.15, 0.2) is 0 Å². The lowest BCUT2D eigenvalue weighted by Crippen LogP contribution is -2.37. The first-order chi connectivity index (χ1) is 6.98. The van der Waals surface area contributed by atoms with Crippen molar-refractivity contribution in [3.63, 3.8) is 0 Å². The molecule has 15 heavy (non-hydrogen) atoms. The summed E-state index contributed by atoms with van der Waals surface area (Å²) in [5.41, 5.74) is 0. The van der Waals surface area contributed by atoms with Crippen LogP contribution in [0.4, 0.5) is 13.2 Å². The minimum atomic E-state index is -4.76. The summed E-state index contributed by atoms with van der Waals surface area (Å²) >= 11 is 0. The fraction of sp³-hybridized carbons (Fsp3) is 0.889. The van der Waals surface area contributed by atoms with E-state index in [0.29, 0.717) is 6.42 Å². The molecule has 0 unspecified atom stereocenters. The Balaban J connectivity index is 3.28. The summed E-state index contributed by atoms with van der Waals surface area (Å²) in [4.78, 5) is 10.4. The molecular formula is C9H17F3N2O. The van der Waals surface area contributed by atoms with Gasteiger partial charge < -0.3 is 10.6 Å². The monoisotopic (exact) mass is 226 g/mol. The molecule has 0 rings (SSSR count). The SMILES string of the molecule is CNCCCCCCNC(=O)C(F)(F)F. The molecule has 0 aromatic heterocycles. The predicted octanol–water partition coefficient (Wildman–Crippen LogP) is 1.44. The summed E-state index contributed by atoms with van der Waals surface area (Å²) in [6, 6.07) is 0. The van der Waals surface area contributed by atoms with E-state index in [9.17, 15) is 18.0 Å². The van der Waals surface area contributed by atoms with Crippen LogP contribution >= 0.6 is 0 Å². The average molecular weight is 226 g/mol. The third-order valence-electron chi connectivity index (χ3n) is 1.90. The molecular weight excluding hydrogens is 209 g/mol. The van der Waals surface area contributed by atoms with Gasteiger partial charge in [0.1, 0.15) is 0 Å². The predicted molar refractivity (Wildman–Crippen MR) is 51.5 cm³/mol. The summed E-state index contributed by atoms with van der Waals surface area (Å²) in [6.07, 6.45) is -1.37. The largest absolute Gasteiger partial charge is 0.471 e. The Morgan fingerprint density at radius 1 is 1.07 bits per heavy atom. The van der Waals surface area contributed by atoms with Crippen molar-refractivity contribution in [1.29, 1.82) is 0 Å². The topological polar surface area (TPSA) is 41.1 Å². The summed E-state index contributed by atoms with van der Waals surface area (Å²) in [5, 5.41) is 4.81. The highest BCUT2D eigenvalue weighted by atomic mass is 19.4. The lowest BCUT2D eigenvalue weighted by molar-refractivity contribution is -0.173. The van der Waals surface area contributed by atoms with Crippen molar-refractivity contribution in [3.05, 3.63) is 0 Å². The Kier molecular flexibility index (Phi) is 7.11. The number of nitrogens with one attached hydrogen (secondary N) is 2. The molecule has 0 spiro atoms. The lowest BCUT2D eigenvalue weighted by Gasteiger charge is -2.07. The summed E-state index contributed by atoms with van der Waals surface area (Å²) < 4.78 is 35.1. The number of carbonyl (C=O) groups excluding carboxylic acids is 1. The standard InChI is InChI=1S/C9H17F3N2O/c1-13-6-4-2-3-5-7-14-8(15)9(10,11)12/h13H,2-7H2,1H3,(H,14,15). The second-order valence-electron chi connectivity index (χ2n) is 3.27. The zero-order valence-corrected chi connectivity index (χ0v) is 8.78. The van der Waals surface area contributed by atoms with Gasteiger partial charge in [0.05, 0.1) is 0 Å². The highest BCUT2D eigenvalue weighted by molar-refractivity contribution is 5.81. The first-order valence-corrected chi connectivity index (χ1v) is 4.98. The molecule has 0 atom stereocenters. The molecule has 0 fully saturated rings. The van der Waals surface area contributed by atoms with Crippen LogP contribution in [0.5, 0.6) is 0 Å². The first-order valence-electron chi connectivity index (χ1n) is 4.98. The summed E-state index contributed by atoms with van der Waals surface area (Å²) in [7, 11) is 1.85. The van der Waals surface area contributed by atoms with Crippen LogP contribution in [0.1, 0.15) is 25.7 Å². The van der Waals surface area contributed by atoms with Crippen molar-refractivity contribution in [2.45, 2.75) is 31.9 Å². The van der Waals surface area contributed by atoms with E-state index in [4.69, 9.17) is 0 Å². The normalized spacial score (nSPS) is 11.5. The number of alkyl halides is 3. The lowest BCUT2D eigenvalue weighted by atomic mass is 10.2. The number of carbonyl (C=O) groups is 1. The van der Waals surface area contributed by atoms with Crippen LogP contribution in [0.2, 0.25) is 0 Å². The van der Waals surface area contributed by atoms with Gasteiger partial charge in [0.15, 0.2) is 0 Å². The number of hydrogen-bond donors (Lipinski definition) is 2. The van der Waals surface area contributed by atoms with Gasteiger partial charge in [0, 0.05) is 6.54 Å². The Morgan fingerprint density at radius 3 is 2.07 bits per heavy atom. The molecule has 1 amide bonds. The van der Waals surface area contributed by atoms with Crippen molar-refractivity contribution in [3.8, 4) is 0 Å². The van der Waals surface area contributed by atoms with E-state index in [1.807, 2.05) is 12.4 Å². The molecule has 0 bridgehead atoms. The molecule has 6 heteroatoms. The molecule has 90 valence electrons.